The van der Waals surface area contributed by atoms with E-state index in [1.54, 1.807) is 0 Å². The zero-order valence-corrected chi connectivity index (χ0v) is 11.6. The minimum Gasteiger partial charge on any atom is -0.349 e. The zero-order valence-electron chi connectivity index (χ0n) is 10.8. The number of ketones is 1. The lowest BCUT2D eigenvalue weighted by atomic mass is 10.0. The van der Waals surface area contributed by atoms with E-state index in [1.807, 2.05) is 6.07 Å². The lowest BCUT2D eigenvalue weighted by Gasteiger charge is -2.13. The van der Waals surface area contributed by atoms with Crippen LogP contribution in [0.3, 0.4) is 0 Å². The molecular formula is C14H11F3N2OS. The van der Waals surface area contributed by atoms with Crippen LogP contribution in [0.1, 0.15) is 18.4 Å². The van der Waals surface area contributed by atoms with Gasteiger partial charge in [0, 0.05) is 11.6 Å². The average molecular weight is 312 g/mol. The van der Waals surface area contributed by atoms with Crippen molar-refractivity contribution in [3.63, 3.8) is 0 Å². The molecule has 3 nitrogen and oxygen atoms in total. The zero-order chi connectivity index (χ0) is 15.6. The number of rotatable bonds is 4. The van der Waals surface area contributed by atoms with E-state index in [9.17, 15) is 18.0 Å². The van der Waals surface area contributed by atoms with Gasteiger partial charge >= 0.3 is 6.18 Å². The van der Waals surface area contributed by atoms with E-state index in [-0.39, 0.29) is 22.4 Å². The average Bonchev–Trinajstić information content (AvgIpc) is 3.23. The molecule has 0 aromatic heterocycles. The Morgan fingerprint density at radius 1 is 1.43 bits per heavy atom. The van der Waals surface area contributed by atoms with Gasteiger partial charge in [0.05, 0.1) is 11.6 Å². The van der Waals surface area contributed by atoms with Gasteiger partial charge in [0.15, 0.2) is 11.7 Å². The van der Waals surface area contributed by atoms with E-state index in [2.05, 4.69) is 5.32 Å². The Morgan fingerprint density at radius 3 is 2.62 bits per heavy atom. The Hall–Kier alpha value is -1.94. The molecule has 1 unspecified atom stereocenters. The molecule has 110 valence electrons. The first kappa shape index (κ1) is 15.4. The van der Waals surface area contributed by atoms with Gasteiger partial charge in [-0.2, -0.15) is 18.4 Å². The number of nitrogens with one attached hydrogen (secondary N) is 1. The molecule has 2 rings (SSSR count). The van der Waals surface area contributed by atoms with E-state index in [1.165, 1.54) is 12.1 Å². The number of carbonyl (C=O) groups excluding carboxylic acids is 1. The van der Waals surface area contributed by atoms with E-state index >= 15 is 0 Å². The second kappa shape index (κ2) is 5.82. The molecule has 0 saturated heterocycles. The smallest absolute Gasteiger partial charge is 0.349 e. The molecule has 1 aromatic rings. The molecule has 0 heterocycles. The number of nitriles is 1. The highest BCUT2D eigenvalue weighted by Gasteiger charge is 2.37. The van der Waals surface area contributed by atoms with Crippen molar-refractivity contribution in [1.82, 2.24) is 0 Å². The number of hydrogen-bond acceptors (Lipinski definition) is 3. The molecule has 1 aliphatic rings. The van der Waals surface area contributed by atoms with Crippen molar-refractivity contribution >= 4 is 28.7 Å². The van der Waals surface area contributed by atoms with Gasteiger partial charge < -0.3 is 5.32 Å². The number of hydrogen-bond donors (Lipinski definition) is 1. The second-order valence-corrected chi connectivity index (χ2v) is 5.25. The SMILES string of the molecule is N#CC(C(=O)C1CC1)C(=S)Nc1cccc(C(F)(F)F)c1. The standard InChI is InChI=1S/C14H11F3N2OS/c15-14(16,17)9-2-1-3-10(6-9)19-13(21)11(7-18)12(20)8-4-5-8/h1-3,6,8,11H,4-5H2,(H,19,21). The fraction of sp³-hybridized carbons (Fsp3) is 0.357. The van der Waals surface area contributed by atoms with Gasteiger partial charge in [0.25, 0.3) is 0 Å². The maximum Gasteiger partial charge on any atom is 0.416 e. The van der Waals surface area contributed by atoms with Crippen molar-refractivity contribution in [3.8, 4) is 6.07 Å². The van der Waals surface area contributed by atoms with E-state index in [4.69, 9.17) is 17.5 Å². The van der Waals surface area contributed by atoms with Crippen LogP contribution in [0.4, 0.5) is 18.9 Å². The number of Topliss-reactive ketones (excluding diaryl/α,β-unsaturated/α-hetero) is 1. The van der Waals surface area contributed by atoms with Crippen LogP contribution in [0.5, 0.6) is 0 Å². The minimum atomic E-state index is -4.46. The number of alkyl halides is 3. The number of carbonyl (C=O) groups is 1. The quantitative estimate of drug-likeness (QED) is 0.864. The molecule has 0 spiro atoms. The van der Waals surface area contributed by atoms with Crippen molar-refractivity contribution in [1.29, 1.82) is 5.26 Å². The van der Waals surface area contributed by atoms with Crippen LogP contribution in [0.15, 0.2) is 24.3 Å². The summed E-state index contributed by atoms with van der Waals surface area (Å²) < 4.78 is 37.8. The normalized spacial score (nSPS) is 15.9. The fourth-order valence-corrected chi connectivity index (χ4v) is 2.13. The summed E-state index contributed by atoms with van der Waals surface area (Å²) in [6, 6.07) is 6.27. The summed E-state index contributed by atoms with van der Waals surface area (Å²) in [4.78, 5) is 11.8. The Bertz CT molecular complexity index is 617. The van der Waals surface area contributed by atoms with Crippen molar-refractivity contribution in [2.75, 3.05) is 5.32 Å². The molecule has 21 heavy (non-hydrogen) atoms. The molecule has 1 N–H and O–H groups in total. The topological polar surface area (TPSA) is 52.9 Å². The molecule has 1 atom stereocenters. The van der Waals surface area contributed by atoms with Crippen LogP contribution in [0.25, 0.3) is 0 Å². The predicted molar refractivity (Wildman–Crippen MR) is 74.5 cm³/mol. The number of anilines is 1. The summed E-state index contributed by atoms with van der Waals surface area (Å²) in [5.41, 5.74) is -0.712. The van der Waals surface area contributed by atoms with Gasteiger partial charge in [-0.3, -0.25) is 4.79 Å². The minimum absolute atomic E-state index is 0.0614. The lowest BCUT2D eigenvalue weighted by Crippen LogP contribution is -2.28. The molecule has 1 aromatic carbocycles. The van der Waals surface area contributed by atoms with E-state index in [0.29, 0.717) is 0 Å². The highest BCUT2D eigenvalue weighted by molar-refractivity contribution is 7.80. The third kappa shape index (κ3) is 3.79. The third-order valence-corrected chi connectivity index (χ3v) is 3.45. The van der Waals surface area contributed by atoms with Crippen LogP contribution in [-0.4, -0.2) is 10.8 Å². The molecule has 0 bridgehead atoms. The molecule has 1 aliphatic carbocycles. The maximum atomic E-state index is 12.6. The van der Waals surface area contributed by atoms with Crippen LogP contribution >= 0.6 is 12.2 Å². The summed E-state index contributed by atoms with van der Waals surface area (Å²) in [7, 11) is 0. The third-order valence-electron chi connectivity index (χ3n) is 3.11. The van der Waals surface area contributed by atoms with Crippen LogP contribution in [-0.2, 0) is 11.0 Å². The molecule has 1 saturated carbocycles. The summed E-state index contributed by atoms with van der Waals surface area (Å²) in [5.74, 6) is -1.51. The van der Waals surface area contributed by atoms with Crippen molar-refractivity contribution in [2.45, 2.75) is 19.0 Å². The van der Waals surface area contributed by atoms with Crippen molar-refractivity contribution in [3.05, 3.63) is 29.8 Å². The van der Waals surface area contributed by atoms with Gasteiger partial charge in [-0.25, -0.2) is 0 Å². The monoisotopic (exact) mass is 312 g/mol. The first-order chi connectivity index (χ1) is 9.82. The Balaban J connectivity index is 2.12. The first-order valence-electron chi connectivity index (χ1n) is 6.24. The van der Waals surface area contributed by atoms with Gasteiger partial charge in [-0.1, -0.05) is 18.3 Å². The molecule has 0 amide bonds. The first-order valence-corrected chi connectivity index (χ1v) is 6.65. The Kier molecular flexibility index (Phi) is 4.28. The molecule has 0 radical (unpaired) electrons. The lowest BCUT2D eigenvalue weighted by molar-refractivity contribution is -0.137. The predicted octanol–water partition coefficient (Wildman–Crippen LogP) is 3.56. The number of thiocarbonyl (C=S) groups is 1. The van der Waals surface area contributed by atoms with Gasteiger partial charge in [0.2, 0.25) is 0 Å². The summed E-state index contributed by atoms with van der Waals surface area (Å²) in [6.07, 6.45) is -2.98. The largest absolute Gasteiger partial charge is 0.416 e. The van der Waals surface area contributed by atoms with Crippen LogP contribution < -0.4 is 5.32 Å². The highest BCUT2D eigenvalue weighted by atomic mass is 32.1. The number of benzene rings is 1. The summed E-state index contributed by atoms with van der Waals surface area (Å²) >= 11 is 4.98. The van der Waals surface area contributed by atoms with Crippen molar-refractivity contribution < 1.29 is 18.0 Å². The van der Waals surface area contributed by atoms with E-state index in [0.717, 1.165) is 25.0 Å². The van der Waals surface area contributed by atoms with Crippen LogP contribution in [0, 0.1) is 23.2 Å². The van der Waals surface area contributed by atoms with Crippen molar-refractivity contribution in [2.24, 2.45) is 11.8 Å². The molecule has 7 heteroatoms. The second-order valence-electron chi connectivity index (χ2n) is 4.81. The Labute approximate surface area is 124 Å². The maximum absolute atomic E-state index is 12.6. The molecule has 0 aliphatic heterocycles. The molecular weight excluding hydrogens is 301 g/mol. The van der Waals surface area contributed by atoms with Gasteiger partial charge in [0.1, 0.15) is 4.99 Å². The summed E-state index contributed by atoms with van der Waals surface area (Å²) in [6.45, 7) is 0. The molecule has 1 fully saturated rings. The van der Waals surface area contributed by atoms with Crippen LogP contribution in [0.2, 0.25) is 0 Å². The number of halogens is 3. The Morgan fingerprint density at radius 2 is 2.10 bits per heavy atom. The highest BCUT2D eigenvalue weighted by Crippen LogP contribution is 2.33. The number of nitrogens with zero attached hydrogens (tertiary/aromatic N) is 1. The van der Waals surface area contributed by atoms with E-state index < -0.39 is 17.7 Å². The summed E-state index contributed by atoms with van der Waals surface area (Å²) in [5, 5.41) is 11.6. The fourth-order valence-electron chi connectivity index (χ4n) is 1.84. The van der Waals surface area contributed by atoms with Gasteiger partial charge in [-0.15, -0.1) is 0 Å². The van der Waals surface area contributed by atoms with Gasteiger partial charge in [-0.05, 0) is 31.0 Å².